The largest absolute Gasteiger partial charge is 0.494 e. The lowest BCUT2D eigenvalue weighted by atomic mass is 9.95. The summed E-state index contributed by atoms with van der Waals surface area (Å²) in [5.74, 6) is 2.83. The molecule has 0 aliphatic rings. The molecule has 102 valence electrons. The third-order valence-electron chi connectivity index (χ3n) is 3.25. The van der Waals surface area contributed by atoms with E-state index in [1.807, 2.05) is 0 Å². The Hall–Kier alpha value is -0.980. The normalized spacial score (nSPS) is 11.6. The maximum absolute atomic E-state index is 5.90. The van der Waals surface area contributed by atoms with Crippen molar-refractivity contribution in [2.24, 2.45) is 5.92 Å². The van der Waals surface area contributed by atoms with Crippen LogP contribution in [0.1, 0.15) is 70.9 Å². The molecule has 18 heavy (non-hydrogen) atoms. The molecule has 1 rings (SSSR count). The first-order valence-corrected chi connectivity index (χ1v) is 7.17. The zero-order valence-corrected chi connectivity index (χ0v) is 12.8. The van der Waals surface area contributed by atoms with Crippen LogP contribution in [0.5, 0.6) is 5.75 Å². The van der Waals surface area contributed by atoms with Gasteiger partial charge >= 0.3 is 0 Å². The van der Waals surface area contributed by atoms with Crippen molar-refractivity contribution < 1.29 is 4.74 Å². The van der Waals surface area contributed by atoms with Crippen LogP contribution in [-0.2, 0) is 0 Å². The zero-order valence-electron chi connectivity index (χ0n) is 12.8. The first-order chi connectivity index (χ1) is 8.40. The maximum atomic E-state index is 5.90. The quantitative estimate of drug-likeness (QED) is 0.658. The monoisotopic (exact) mass is 248 g/mol. The molecule has 1 aromatic rings. The van der Waals surface area contributed by atoms with Crippen LogP contribution in [0.2, 0.25) is 0 Å². The summed E-state index contributed by atoms with van der Waals surface area (Å²) < 4.78 is 5.90. The molecule has 0 fully saturated rings. The summed E-state index contributed by atoms with van der Waals surface area (Å²) in [5.41, 5.74) is 2.75. The molecule has 1 aromatic carbocycles. The van der Waals surface area contributed by atoms with Crippen LogP contribution >= 0.6 is 0 Å². The van der Waals surface area contributed by atoms with E-state index in [1.54, 1.807) is 0 Å². The van der Waals surface area contributed by atoms with Crippen molar-refractivity contribution in [3.63, 3.8) is 0 Å². The first kappa shape index (κ1) is 15.1. The molecule has 0 saturated carbocycles. The van der Waals surface area contributed by atoms with Crippen LogP contribution in [0.15, 0.2) is 18.2 Å². The van der Waals surface area contributed by atoms with Crippen molar-refractivity contribution in [2.45, 2.75) is 59.8 Å². The van der Waals surface area contributed by atoms with Crippen LogP contribution in [-0.4, -0.2) is 6.61 Å². The summed E-state index contributed by atoms with van der Waals surface area (Å²) in [6.07, 6.45) is 1.11. The van der Waals surface area contributed by atoms with E-state index < -0.39 is 0 Å². The second-order valence-electron chi connectivity index (χ2n) is 6.18. The predicted octanol–water partition coefficient (Wildman–Crippen LogP) is 5.36. The molecule has 0 N–H and O–H groups in total. The molecule has 1 heteroatoms. The Balaban J connectivity index is 2.83. The lowest BCUT2D eigenvalue weighted by Crippen LogP contribution is -2.03. The van der Waals surface area contributed by atoms with Crippen LogP contribution in [0.3, 0.4) is 0 Å². The van der Waals surface area contributed by atoms with Gasteiger partial charge in [-0.3, -0.25) is 0 Å². The Labute approximate surface area is 113 Å². The number of ether oxygens (including phenoxy) is 1. The van der Waals surface area contributed by atoms with E-state index in [-0.39, 0.29) is 0 Å². The molecular formula is C17H28O. The summed E-state index contributed by atoms with van der Waals surface area (Å²) in [6, 6.07) is 6.69. The fraction of sp³-hybridized carbons (Fsp3) is 0.647. The summed E-state index contributed by atoms with van der Waals surface area (Å²) in [7, 11) is 0. The van der Waals surface area contributed by atoms with Gasteiger partial charge in [0.15, 0.2) is 0 Å². The van der Waals surface area contributed by atoms with Crippen molar-refractivity contribution in [1.29, 1.82) is 0 Å². The molecule has 0 heterocycles. The molecule has 0 aliphatic heterocycles. The Morgan fingerprint density at radius 2 is 1.33 bits per heavy atom. The maximum Gasteiger partial charge on any atom is 0.119 e. The summed E-state index contributed by atoms with van der Waals surface area (Å²) in [4.78, 5) is 0. The third-order valence-corrected chi connectivity index (χ3v) is 3.25. The van der Waals surface area contributed by atoms with E-state index in [0.29, 0.717) is 17.8 Å². The predicted molar refractivity (Wildman–Crippen MR) is 79.6 cm³/mol. The Kier molecular flexibility index (Phi) is 5.71. The third kappa shape index (κ3) is 4.72. The van der Waals surface area contributed by atoms with Crippen molar-refractivity contribution in [3.05, 3.63) is 29.3 Å². The van der Waals surface area contributed by atoms with Gasteiger partial charge in [0.2, 0.25) is 0 Å². The fourth-order valence-corrected chi connectivity index (χ4v) is 1.81. The van der Waals surface area contributed by atoms with Crippen LogP contribution in [0, 0.1) is 5.92 Å². The van der Waals surface area contributed by atoms with Gasteiger partial charge in [-0.1, -0.05) is 47.6 Å². The van der Waals surface area contributed by atoms with Crippen molar-refractivity contribution in [3.8, 4) is 5.75 Å². The van der Waals surface area contributed by atoms with Gasteiger partial charge in [-0.25, -0.2) is 0 Å². The molecule has 1 nitrogen and oxygen atoms in total. The minimum atomic E-state index is 0.552. The fourth-order valence-electron chi connectivity index (χ4n) is 1.81. The molecular weight excluding hydrogens is 220 g/mol. The van der Waals surface area contributed by atoms with Crippen LogP contribution in [0.4, 0.5) is 0 Å². The Bertz CT molecular complexity index is 338. The van der Waals surface area contributed by atoms with Gasteiger partial charge in [-0.15, -0.1) is 0 Å². The van der Waals surface area contributed by atoms with Gasteiger partial charge in [0.05, 0.1) is 6.61 Å². The zero-order chi connectivity index (χ0) is 13.7. The number of hydrogen-bond acceptors (Lipinski definition) is 1. The molecule has 0 bridgehead atoms. The van der Waals surface area contributed by atoms with E-state index >= 15 is 0 Å². The minimum absolute atomic E-state index is 0.552. The Morgan fingerprint density at radius 1 is 0.833 bits per heavy atom. The van der Waals surface area contributed by atoms with E-state index in [4.69, 9.17) is 4.74 Å². The highest BCUT2D eigenvalue weighted by molar-refractivity contribution is 5.37. The number of benzene rings is 1. The van der Waals surface area contributed by atoms with E-state index in [1.165, 1.54) is 11.1 Å². The van der Waals surface area contributed by atoms with Crippen molar-refractivity contribution >= 4 is 0 Å². The van der Waals surface area contributed by atoms with Gasteiger partial charge < -0.3 is 4.74 Å². The van der Waals surface area contributed by atoms with Crippen LogP contribution < -0.4 is 4.74 Å². The average Bonchev–Trinajstić information content (AvgIpc) is 2.28. The molecule has 0 unspecified atom stereocenters. The minimum Gasteiger partial charge on any atom is -0.494 e. The van der Waals surface area contributed by atoms with Gasteiger partial charge in [-0.05, 0) is 47.4 Å². The van der Waals surface area contributed by atoms with Gasteiger partial charge in [0.25, 0.3) is 0 Å². The lowest BCUT2D eigenvalue weighted by Gasteiger charge is -2.15. The summed E-state index contributed by atoms with van der Waals surface area (Å²) in [6.45, 7) is 14.2. The van der Waals surface area contributed by atoms with Gasteiger partial charge in [0.1, 0.15) is 5.75 Å². The van der Waals surface area contributed by atoms with E-state index in [9.17, 15) is 0 Å². The van der Waals surface area contributed by atoms with E-state index in [2.05, 4.69) is 59.7 Å². The average molecular weight is 248 g/mol. The molecule has 0 radical (unpaired) electrons. The van der Waals surface area contributed by atoms with Gasteiger partial charge in [0, 0.05) is 0 Å². The highest BCUT2D eigenvalue weighted by Gasteiger charge is 2.08. The SMILES string of the molecule is CC(C)CCOc1cc(C(C)C)cc(C(C)C)c1. The second-order valence-corrected chi connectivity index (χ2v) is 6.18. The molecule has 0 spiro atoms. The molecule has 0 aromatic heterocycles. The number of hydrogen-bond donors (Lipinski definition) is 0. The van der Waals surface area contributed by atoms with Crippen molar-refractivity contribution in [1.82, 2.24) is 0 Å². The van der Waals surface area contributed by atoms with Crippen molar-refractivity contribution in [2.75, 3.05) is 6.61 Å². The molecule has 0 atom stereocenters. The van der Waals surface area contributed by atoms with Crippen LogP contribution in [0.25, 0.3) is 0 Å². The molecule has 0 aliphatic carbocycles. The second kappa shape index (κ2) is 6.82. The first-order valence-electron chi connectivity index (χ1n) is 7.17. The topological polar surface area (TPSA) is 9.23 Å². The highest BCUT2D eigenvalue weighted by atomic mass is 16.5. The Morgan fingerprint density at radius 3 is 1.72 bits per heavy atom. The summed E-state index contributed by atoms with van der Waals surface area (Å²) in [5, 5.41) is 0. The highest BCUT2D eigenvalue weighted by Crippen LogP contribution is 2.27. The molecule has 0 amide bonds. The smallest absolute Gasteiger partial charge is 0.119 e. The van der Waals surface area contributed by atoms with Gasteiger partial charge in [-0.2, -0.15) is 0 Å². The van der Waals surface area contributed by atoms with E-state index in [0.717, 1.165) is 18.8 Å². The molecule has 0 saturated heterocycles. The standard InChI is InChI=1S/C17H28O/c1-12(2)7-8-18-17-10-15(13(3)4)9-16(11-17)14(5)6/h9-14H,7-8H2,1-6H3. The summed E-state index contributed by atoms with van der Waals surface area (Å²) >= 11 is 0. The lowest BCUT2D eigenvalue weighted by molar-refractivity contribution is 0.289. The number of rotatable bonds is 6.